The maximum absolute atomic E-state index is 13.2. The van der Waals surface area contributed by atoms with Gasteiger partial charge in [0, 0.05) is 50.8 Å². The lowest BCUT2D eigenvalue weighted by atomic mass is 9.93. The number of piperidine rings is 1. The molecular formula is C24H27N7O. The quantitative estimate of drug-likeness (QED) is 0.615. The molecule has 0 aromatic carbocycles. The van der Waals surface area contributed by atoms with Gasteiger partial charge in [0.05, 0.1) is 11.7 Å². The summed E-state index contributed by atoms with van der Waals surface area (Å²) in [5.41, 5.74) is 1.65. The minimum Gasteiger partial charge on any atom is -0.341 e. The molecule has 2 fully saturated rings. The molecule has 1 unspecified atom stereocenters. The molecule has 2 aliphatic heterocycles. The molecule has 0 spiro atoms. The van der Waals surface area contributed by atoms with E-state index in [1.807, 2.05) is 35.2 Å². The van der Waals surface area contributed by atoms with Crippen LogP contribution >= 0.6 is 0 Å². The van der Waals surface area contributed by atoms with E-state index in [0.717, 1.165) is 62.7 Å². The van der Waals surface area contributed by atoms with Crippen LogP contribution < -0.4 is 4.90 Å². The largest absolute Gasteiger partial charge is 0.341 e. The standard InChI is InChI=1S/C24H27N7O/c32-22(17-18-8-15-30(16-9-18)24-27-11-4-12-28-24)31-14-3-6-21(31)19-7-13-26-23(29-19)20-5-1-2-10-25-20/h1-2,4-5,7,10-13,18,21H,3,6,8-9,14-17H2. The van der Waals surface area contributed by atoms with Crippen molar-refractivity contribution in [2.45, 2.75) is 38.1 Å². The third kappa shape index (κ3) is 4.44. The molecule has 5 rings (SSSR count). The number of rotatable bonds is 5. The van der Waals surface area contributed by atoms with Crippen LogP contribution in [0.1, 0.15) is 43.8 Å². The summed E-state index contributed by atoms with van der Waals surface area (Å²) in [6.45, 7) is 2.58. The normalized spacial score (nSPS) is 19.3. The molecule has 1 amide bonds. The van der Waals surface area contributed by atoms with Crippen LogP contribution in [-0.2, 0) is 4.79 Å². The van der Waals surface area contributed by atoms with Crippen molar-refractivity contribution in [2.24, 2.45) is 5.92 Å². The van der Waals surface area contributed by atoms with Gasteiger partial charge in [-0.2, -0.15) is 0 Å². The van der Waals surface area contributed by atoms with Gasteiger partial charge in [0.1, 0.15) is 5.69 Å². The van der Waals surface area contributed by atoms with Gasteiger partial charge >= 0.3 is 0 Å². The molecule has 0 bridgehead atoms. The number of nitrogens with zero attached hydrogens (tertiary/aromatic N) is 7. The first-order valence-corrected chi connectivity index (χ1v) is 11.3. The molecule has 3 aromatic heterocycles. The molecule has 164 valence electrons. The maximum atomic E-state index is 13.2. The highest BCUT2D eigenvalue weighted by Gasteiger charge is 2.33. The van der Waals surface area contributed by atoms with Crippen LogP contribution in [0, 0.1) is 5.92 Å². The maximum Gasteiger partial charge on any atom is 0.225 e. The van der Waals surface area contributed by atoms with Gasteiger partial charge in [-0.3, -0.25) is 9.78 Å². The second-order valence-corrected chi connectivity index (χ2v) is 8.45. The van der Waals surface area contributed by atoms with Crippen LogP contribution in [0.3, 0.4) is 0 Å². The fourth-order valence-corrected chi connectivity index (χ4v) is 4.71. The van der Waals surface area contributed by atoms with Crippen LogP contribution in [0.2, 0.25) is 0 Å². The molecule has 2 aliphatic rings. The van der Waals surface area contributed by atoms with Crippen molar-refractivity contribution < 1.29 is 4.79 Å². The first kappa shape index (κ1) is 20.5. The Morgan fingerprint density at radius 2 is 1.69 bits per heavy atom. The van der Waals surface area contributed by atoms with Crippen molar-refractivity contribution in [1.82, 2.24) is 29.8 Å². The van der Waals surface area contributed by atoms with Crippen molar-refractivity contribution in [2.75, 3.05) is 24.5 Å². The van der Waals surface area contributed by atoms with Crippen LogP contribution in [-0.4, -0.2) is 55.4 Å². The Balaban J connectivity index is 1.22. The molecule has 0 saturated carbocycles. The van der Waals surface area contributed by atoms with Gasteiger partial charge in [-0.15, -0.1) is 0 Å². The first-order valence-electron chi connectivity index (χ1n) is 11.3. The molecule has 0 N–H and O–H groups in total. The van der Waals surface area contributed by atoms with E-state index in [1.165, 1.54) is 0 Å². The van der Waals surface area contributed by atoms with Crippen molar-refractivity contribution >= 4 is 11.9 Å². The molecule has 0 aliphatic carbocycles. The van der Waals surface area contributed by atoms with Gasteiger partial charge < -0.3 is 9.80 Å². The van der Waals surface area contributed by atoms with Crippen LogP contribution in [0.15, 0.2) is 55.1 Å². The first-order chi connectivity index (χ1) is 15.8. The Labute approximate surface area is 187 Å². The summed E-state index contributed by atoms with van der Waals surface area (Å²) in [4.78, 5) is 39.7. The predicted octanol–water partition coefficient (Wildman–Crippen LogP) is 3.30. The van der Waals surface area contributed by atoms with E-state index in [2.05, 4.69) is 24.8 Å². The molecule has 32 heavy (non-hydrogen) atoms. The number of carbonyl (C=O) groups is 1. The summed E-state index contributed by atoms with van der Waals surface area (Å²) in [6.07, 6.45) is 11.6. The van der Waals surface area contributed by atoms with Crippen LogP contribution in [0.5, 0.6) is 0 Å². The molecule has 1 atom stereocenters. The minimum absolute atomic E-state index is 0.0192. The minimum atomic E-state index is 0.0192. The average molecular weight is 430 g/mol. The lowest BCUT2D eigenvalue weighted by Crippen LogP contribution is -2.38. The number of amides is 1. The zero-order valence-corrected chi connectivity index (χ0v) is 18.0. The average Bonchev–Trinajstić information content (AvgIpc) is 3.36. The van der Waals surface area contributed by atoms with Gasteiger partial charge in [-0.1, -0.05) is 6.07 Å². The Morgan fingerprint density at radius 1 is 0.875 bits per heavy atom. The topological polar surface area (TPSA) is 88.0 Å². The SMILES string of the molecule is O=C(CC1CCN(c2ncccn2)CC1)N1CCCC1c1ccnc(-c2ccccn2)n1. The fraction of sp³-hybridized carbons (Fsp3) is 0.417. The van der Waals surface area contributed by atoms with Gasteiger partial charge in [-0.05, 0) is 55.9 Å². The fourth-order valence-electron chi connectivity index (χ4n) is 4.71. The summed E-state index contributed by atoms with van der Waals surface area (Å²) in [7, 11) is 0. The van der Waals surface area contributed by atoms with Crippen LogP contribution in [0.25, 0.3) is 11.5 Å². The van der Waals surface area contributed by atoms with Crippen LogP contribution in [0.4, 0.5) is 5.95 Å². The van der Waals surface area contributed by atoms with Crippen molar-refractivity contribution in [3.05, 3.63) is 60.8 Å². The highest BCUT2D eigenvalue weighted by molar-refractivity contribution is 5.77. The van der Waals surface area contributed by atoms with E-state index in [9.17, 15) is 4.79 Å². The summed E-state index contributed by atoms with van der Waals surface area (Å²) in [5.74, 6) is 2.03. The van der Waals surface area contributed by atoms with Crippen molar-refractivity contribution in [3.63, 3.8) is 0 Å². The summed E-state index contributed by atoms with van der Waals surface area (Å²) >= 11 is 0. The number of anilines is 1. The summed E-state index contributed by atoms with van der Waals surface area (Å²) < 4.78 is 0. The number of hydrogen-bond acceptors (Lipinski definition) is 7. The third-order valence-electron chi connectivity index (χ3n) is 6.40. The molecule has 3 aromatic rings. The number of carbonyl (C=O) groups excluding carboxylic acids is 1. The molecule has 8 heteroatoms. The van der Waals surface area contributed by atoms with E-state index in [-0.39, 0.29) is 11.9 Å². The Hall–Kier alpha value is -3.42. The second kappa shape index (κ2) is 9.38. The highest BCUT2D eigenvalue weighted by Crippen LogP contribution is 2.33. The van der Waals surface area contributed by atoms with E-state index < -0.39 is 0 Å². The number of hydrogen-bond donors (Lipinski definition) is 0. The highest BCUT2D eigenvalue weighted by atomic mass is 16.2. The third-order valence-corrected chi connectivity index (χ3v) is 6.40. The van der Waals surface area contributed by atoms with E-state index in [1.54, 1.807) is 24.8 Å². The zero-order chi connectivity index (χ0) is 21.8. The van der Waals surface area contributed by atoms with E-state index in [0.29, 0.717) is 18.2 Å². The molecular weight excluding hydrogens is 402 g/mol. The smallest absolute Gasteiger partial charge is 0.225 e. The lowest BCUT2D eigenvalue weighted by Gasteiger charge is -2.33. The molecule has 2 saturated heterocycles. The van der Waals surface area contributed by atoms with Gasteiger partial charge in [0.2, 0.25) is 11.9 Å². The Bertz CT molecular complexity index is 1040. The number of aromatic nitrogens is 5. The second-order valence-electron chi connectivity index (χ2n) is 8.45. The van der Waals surface area contributed by atoms with Crippen molar-refractivity contribution in [3.8, 4) is 11.5 Å². The molecule has 0 radical (unpaired) electrons. The lowest BCUT2D eigenvalue weighted by molar-refractivity contribution is -0.133. The molecule has 5 heterocycles. The summed E-state index contributed by atoms with van der Waals surface area (Å²) in [6, 6.07) is 9.50. The van der Waals surface area contributed by atoms with Gasteiger partial charge in [0.15, 0.2) is 5.82 Å². The predicted molar refractivity (Wildman–Crippen MR) is 121 cm³/mol. The van der Waals surface area contributed by atoms with Gasteiger partial charge in [-0.25, -0.2) is 19.9 Å². The summed E-state index contributed by atoms with van der Waals surface area (Å²) in [5, 5.41) is 0. The zero-order valence-electron chi connectivity index (χ0n) is 18.0. The number of likely N-dealkylation sites (tertiary alicyclic amines) is 1. The molecule has 8 nitrogen and oxygen atoms in total. The van der Waals surface area contributed by atoms with E-state index in [4.69, 9.17) is 4.98 Å². The number of pyridine rings is 1. The van der Waals surface area contributed by atoms with Crippen molar-refractivity contribution in [1.29, 1.82) is 0 Å². The Morgan fingerprint density at radius 3 is 2.47 bits per heavy atom. The van der Waals surface area contributed by atoms with Gasteiger partial charge in [0.25, 0.3) is 0 Å². The Kier molecular flexibility index (Phi) is 6.00. The van der Waals surface area contributed by atoms with E-state index >= 15 is 0 Å². The monoisotopic (exact) mass is 429 g/mol.